The predicted octanol–water partition coefficient (Wildman–Crippen LogP) is 2.04. The molecule has 1 N–H and O–H groups in total. The summed E-state index contributed by atoms with van der Waals surface area (Å²) in [6.45, 7) is 1.53. The molecule has 2 aromatic heterocycles. The van der Waals surface area contributed by atoms with E-state index in [9.17, 15) is 0 Å². The molecular weight excluding hydrogens is 278 g/mol. The van der Waals surface area contributed by atoms with Gasteiger partial charge in [0, 0.05) is 24.1 Å². The topological polar surface area (TPSA) is 68.8 Å². The molecule has 112 valence electrons. The van der Waals surface area contributed by atoms with Crippen molar-refractivity contribution in [3.8, 4) is 11.3 Å². The maximum absolute atomic E-state index is 5.42. The van der Waals surface area contributed by atoms with Gasteiger partial charge >= 0.3 is 0 Å². The van der Waals surface area contributed by atoms with Crippen LogP contribution in [0.2, 0.25) is 0 Å². The molecule has 0 amide bonds. The molecule has 1 aliphatic rings. The molecule has 0 saturated heterocycles. The molecule has 0 bridgehead atoms. The maximum Gasteiger partial charge on any atom is 0.151 e. The lowest BCUT2D eigenvalue weighted by molar-refractivity contribution is 0.325. The zero-order valence-electron chi connectivity index (χ0n) is 12.1. The van der Waals surface area contributed by atoms with E-state index in [-0.39, 0.29) is 0 Å². The van der Waals surface area contributed by atoms with Crippen molar-refractivity contribution in [1.82, 2.24) is 25.2 Å². The SMILES string of the molecule is c1ccc(-c2cc(CNC3CCc4ncnn4C3)on2)cc1. The summed E-state index contributed by atoms with van der Waals surface area (Å²) in [7, 11) is 0. The number of aromatic nitrogens is 4. The number of aryl methyl sites for hydroxylation is 1. The van der Waals surface area contributed by atoms with Crippen LogP contribution in [0.5, 0.6) is 0 Å². The number of fused-ring (bicyclic) bond motifs is 1. The summed E-state index contributed by atoms with van der Waals surface area (Å²) in [4.78, 5) is 4.24. The number of benzene rings is 1. The van der Waals surface area contributed by atoms with E-state index in [0.29, 0.717) is 12.6 Å². The Kier molecular flexibility index (Phi) is 3.44. The van der Waals surface area contributed by atoms with Crippen LogP contribution >= 0.6 is 0 Å². The van der Waals surface area contributed by atoms with Gasteiger partial charge in [-0.15, -0.1) is 0 Å². The van der Waals surface area contributed by atoms with Gasteiger partial charge in [-0.25, -0.2) is 9.67 Å². The van der Waals surface area contributed by atoms with E-state index in [2.05, 4.69) is 20.6 Å². The Bertz CT molecular complexity index is 749. The lowest BCUT2D eigenvalue weighted by Crippen LogP contribution is -2.37. The van der Waals surface area contributed by atoms with Gasteiger partial charge in [0.2, 0.25) is 0 Å². The highest BCUT2D eigenvalue weighted by Gasteiger charge is 2.19. The van der Waals surface area contributed by atoms with Gasteiger partial charge < -0.3 is 9.84 Å². The van der Waals surface area contributed by atoms with Crippen LogP contribution in [0, 0.1) is 0 Å². The van der Waals surface area contributed by atoms with Crippen molar-refractivity contribution in [2.75, 3.05) is 0 Å². The fraction of sp³-hybridized carbons (Fsp3) is 0.312. The summed E-state index contributed by atoms with van der Waals surface area (Å²) in [6.07, 6.45) is 3.65. The van der Waals surface area contributed by atoms with Gasteiger partial charge in [-0.2, -0.15) is 5.10 Å². The van der Waals surface area contributed by atoms with E-state index in [1.807, 2.05) is 41.1 Å². The van der Waals surface area contributed by atoms with Crippen LogP contribution in [0.4, 0.5) is 0 Å². The second-order valence-electron chi connectivity index (χ2n) is 5.52. The highest BCUT2D eigenvalue weighted by atomic mass is 16.5. The smallest absolute Gasteiger partial charge is 0.151 e. The zero-order chi connectivity index (χ0) is 14.8. The predicted molar refractivity (Wildman–Crippen MR) is 80.9 cm³/mol. The lowest BCUT2D eigenvalue weighted by Gasteiger charge is -2.23. The first-order chi connectivity index (χ1) is 10.9. The van der Waals surface area contributed by atoms with E-state index < -0.39 is 0 Å². The second kappa shape index (κ2) is 5.73. The monoisotopic (exact) mass is 295 g/mol. The number of hydrogen-bond donors (Lipinski definition) is 1. The molecule has 0 fully saturated rings. The molecule has 0 radical (unpaired) electrons. The van der Waals surface area contributed by atoms with E-state index >= 15 is 0 Å². The van der Waals surface area contributed by atoms with Crippen LogP contribution in [0.25, 0.3) is 11.3 Å². The molecule has 6 nitrogen and oxygen atoms in total. The van der Waals surface area contributed by atoms with Crippen LogP contribution in [-0.4, -0.2) is 26.0 Å². The Morgan fingerprint density at radius 3 is 3.09 bits per heavy atom. The first kappa shape index (κ1) is 13.2. The quantitative estimate of drug-likeness (QED) is 0.797. The molecule has 1 atom stereocenters. The summed E-state index contributed by atoms with van der Waals surface area (Å²) < 4.78 is 7.39. The van der Waals surface area contributed by atoms with E-state index in [1.165, 1.54) is 0 Å². The maximum atomic E-state index is 5.42. The summed E-state index contributed by atoms with van der Waals surface area (Å²) in [5.41, 5.74) is 1.95. The third kappa shape index (κ3) is 2.65. The molecule has 3 heterocycles. The van der Waals surface area contributed by atoms with Crippen LogP contribution < -0.4 is 5.32 Å². The zero-order valence-corrected chi connectivity index (χ0v) is 12.1. The van der Waals surface area contributed by atoms with Gasteiger partial charge in [0.15, 0.2) is 5.76 Å². The molecule has 3 aromatic rings. The van der Waals surface area contributed by atoms with Crippen molar-refractivity contribution in [2.24, 2.45) is 0 Å². The van der Waals surface area contributed by atoms with Gasteiger partial charge in [0.1, 0.15) is 17.8 Å². The van der Waals surface area contributed by atoms with Crippen molar-refractivity contribution in [1.29, 1.82) is 0 Å². The highest BCUT2D eigenvalue weighted by molar-refractivity contribution is 5.58. The van der Waals surface area contributed by atoms with Gasteiger partial charge in [-0.1, -0.05) is 35.5 Å². The third-order valence-electron chi connectivity index (χ3n) is 4.00. The molecule has 0 saturated carbocycles. The standard InChI is InChI=1S/C16H17N5O/c1-2-4-12(5-3-1)15-8-14(22-20-15)9-17-13-6-7-16-18-11-19-21(16)10-13/h1-5,8,11,13,17H,6-7,9-10H2. The van der Waals surface area contributed by atoms with Crippen molar-refractivity contribution >= 4 is 0 Å². The fourth-order valence-corrected chi connectivity index (χ4v) is 2.79. The average molecular weight is 295 g/mol. The molecule has 6 heteroatoms. The molecule has 4 rings (SSSR count). The minimum absolute atomic E-state index is 0.388. The summed E-state index contributed by atoms with van der Waals surface area (Å²) in [6, 6.07) is 12.4. The van der Waals surface area contributed by atoms with Gasteiger partial charge in [-0.3, -0.25) is 0 Å². The van der Waals surface area contributed by atoms with Crippen LogP contribution in [0.15, 0.2) is 47.2 Å². The first-order valence-corrected chi connectivity index (χ1v) is 7.49. The molecule has 1 unspecified atom stereocenters. The average Bonchev–Trinajstić information content (AvgIpc) is 3.22. The Balaban J connectivity index is 1.38. The number of nitrogens with zero attached hydrogens (tertiary/aromatic N) is 4. The third-order valence-corrected chi connectivity index (χ3v) is 4.00. The fourth-order valence-electron chi connectivity index (χ4n) is 2.79. The largest absolute Gasteiger partial charge is 0.359 e. The highest BCUT2D eigenvalue weighted by Crippen LogP contribution is 2.19. The minimum Gasteiger partial charge on any atom is -0.359 e. The van der Waals surface area contributed by atoms with E-state index in [0.717, 1.165) is 42.2 Å². The van der Waals surface area contributed by atoms with Crippen LogP contribution in [-0.2, 0) is 19.5 Å². The lowest BCUT2D eigenvalue weighted by atomic mass is 10.1. The van der Waals surface area contributed by atoms with Gasteiger partial charge in [0.25, 0.3) is 0 Å². The molecule has 0 aliphatic carbocycles. The Morgan fingerprint density at radius 2 is 2.18 bits per heavy atom. The van der Waals surface area contributed by atoms with Crippen molar-refractivity contribution in [3.05, 3.63) is 54.3 Å². The van der Waals surface area contributed by atoms with Crippen molar-refractivity contribution < 1.29 is 4.52 Å². The van der Waals surface area contributed by atoms with Gasteiger partial charge in [-0.05, 0) is 6.42 Å². The normalized spacial score (nSPS) is 17.4. The molecule has 0 spiro atoms. The molecular formula is C16H17N5O. The van der Waals surface area contributed by atoms with Crippen LogP contribution in [0.3, 0.4) is 0 Å². The second-order valence-corrected chi connectivity index (χ2v) is 5.52. The Hall–Kier alpha value is -2.47. The van der Waals surface area contributed by atoms with E-state index in [1.54, 1.807) is 6.33 Å². The number of hydrogen-bond acceptors (Lipinski definition) is 5. The van der Waals surface area contributed by atoms with Gasteiger partial charge in [0.05, 0.1) is 13.1 Å². The Labute approximate surface area is 128 Å². The summed E-state index contributed by atoms with van der Waals surface area (Å²) in [5, 5.41) is 11.9. The molecule has 1 aliphatic heterocycles. The molecule has 22 heavy (non-hydrogen) atoms. The number of nitrogens with one attached hydrogen (secondary N) is 1. The summed E-state index contributed by atoms with van der Waals surface area (Å²) in [5.74, 6) is 1.92. The first-order valence-electron chi connectivity index (χ1n) is 7.49. The summed E-state index contributed by atoms with van der Waals surface area (Å²) >= 11 is 0. The van der Waals surface area contributed by atoms with Crippen molar-refractivity contribution in [2.45, 2.75) is 32.0 Å². The minimum atomic E-state index is 0.388. The van der Waals surface area contributed by atoms with Crippen LogP contribution in [0.1, 0.15) is 18.0 Å². The Morgan fingerprint density at radius 1 is 1.27 bits per heavy atom. The van der Waals surface area contributed by atoms with Crippen molar-refractivity contribution in [3.63, 3.8) is 0 Å². The molecule has 1 aromatic carbocycles. The van der Waals surface area contributed by atoms with E-state index in [4.69, 9.17) is 4.52 Å². The number of rotatable bonds is 4.